The molecule has 1 aliphatic rings. The average Bonchev–Trinajstić information content (AvgIpc) is 2.94. The summed E-state index contributed by atoms with van der Waals surface area (Å²) in [5.74, 6) is 2.52. The number of nitrogens with zero attached hydrogens (tertiary/aromatic N) is 5. The van der Waals surface area contributed by atoms with E-state index in [1.165, 1.54) is 0 Å². The summed E-state index contributed by atoms with van der Waals surface area (Å²) in [7, 11) is 5.72. The standard InChI is InChI=1S/C24H31BrN8/c1-14-11-17(25)12-15(2)20(14)33-22-18(19(27-3)23(33)28-4)21(30-24(29-5)31-22)32-9-6-7-16(13-26)8-10-32/h11-12,16,27-28H,6-10H2,1-5H3,(H,29,30,31). The molecule has 4 rings (SSSR count). The summed E-state index contributed by atoms with van der Waals surface area (Å²) < 4.78 is 3.25. The lowest BCUT2D eigenvalue weighted by Crippen LogP contribution is -2.26. The Morgan fingerprint density at radius 3 is 2.36 bits per heavy atom. The number of anilines is 4. The molecule has 0 amide bonds. The van der Waals surface area contributed by atoms with E-state index in [1.54, 1.807) is 0 Å². The fraction of sp³-hybridized carbons (Fsp3) is 0.458. The third-order valence-corrected chi connectivity index (χ3v) is 6.85. The Balaban J connectivity index is 2.04. The molecule has 3 N–H and O–H groups in total. The van der Waals surface area contributed by atoms with Crippen molar-refractivity contribution < 1.29 is 0 Å². The number of hydrogen-bond donors (Lipinski definition) is 3. The van der Waals surface area contributed by atoms with Gasteiger partial charge in [-0.3, -0.25) is 4.57 Å². The van der Waals surface area contributed by atoms with E-state index in [4.69, 9.17) is 9.97 Å². The number of nitriles is 1. The summed E-state index contributed by atoms with van der Waals surface area (Å²) in [6, 6.07) is 6.72. The van der Waals surface area contributed by atoms with Gasteiger partial charge in [-0.15, -0.1) is 0 Å². The van der Waals surface area contributed by atoms with Gasteiger partial charge >= 0.3 is 0 Å². The van der Waals surface area contributed by atoms with Gasteiger partial charge in [-0.05, 0) is 56.4 Å². The van der Waals surface area contributed by atoms with Crippen molar-refractivity contribution in [2.45, 2.75) is 33.1 Å². The summed E-state index contributed by atoms with van der Waals surface area (Å²) in [5, 5.41) is 20.4. The molecule has 3 aromatic rings. The maximum atomic E-state index is 9.45. The van der Waals surface area contributed by atoms with Crippen LogP contribution in [-0.4, -0.2) is 48.8 Å². The predicted octanol–water partition coefficient (Wildman–Crippen LogP) is 5.06. The number of rotatable bonds is 5. The van der Waals surface area contributed by atoms with E-state index in [0.29, 0.717) is 5.95 Å². The topological polar surface area (TPSA) is 93.8 Å². The second-order valence-corrected chi connectivity index (χ2v) is 9.43. The highest BCUT2D eigenvalue weighted by atomic mass is 79.9. The van der Waals surface area contributed by atoms with Crippen LogP contribution in [0.5, 0.6) is 0 Å². The molecule has 3 heterocycles. The van der Waals surface area contributed by atoms with Crippen LogP contribution < -0.4 is 20.9 Å². The molecule has 0 spiro atoms. The predicted molar refractivity (Wildman–Crippen MR) is 140 cm³/mol. The molecule has 0 bridgehead atoms. The van der Waals surface area contributed by atoms with Crippen molar-refractivity contribution in [1.29, 1.82) is 5.26 Å². The molecule has 1 aliphatic heterocycles. The number of nitrogens with one attached hydrogen (secondary N) is 3. The normalized spacial score (nSPS) is 16.4. The van der Waals surface area contributed by atoms with Gasteiger partial charge in [0.1, 0.15) is 11.6 Å². The van der Waals surface area contributed by atoms with Crippen molar-refractivity contribution in [2.75, 3.05) is 55.1 Å². The fourth-order valence-electron chi connectivity index (χ4n) is 4.89. The van der Waals surface area contributed by atoms with Crippen molar-refractivity contribution in [1.82, 2.24) is 14.5 Å². The number of hydrogen-bond acceptors (Lipinski definition) is 7. The first-order valence-corrected chi connectivity index (χ1v) is 12.1. The third-order valence-electron chi connectivity index (χ3n) is 6.39. The second-order valence-electron chi connectivity index (χ2n) is 8.51. The number of halogens is 1. The van der Waals surface area contributed by atoms with Crippen LogP contribution in [-0.2, 0) is 0 Å². The fourth-order valence-corrected chi connectivity index (χ4v) is 5.58. The quantitative estimate of drug-likeness (QED) is 0.441. The van der Waals surface area contributed by atoms with E-state index >= 15 is 0 Å². The lowest BCUT2D eigenvalue weighted by molar-refractivity contribution is 0.590. The number of aromatic nitrogens is 3. The molecule has 1 saturated heterocycles. The Morgan fingerprint density at radius 1 is 1.03 bits per heavy atom. The molecule has 0 radical (unpaired) electrons. The van der Waals surface area contributed by atoms with Crippen LogP contribution in [0.3, 0.4) is 0 Å². The molecule has 33 heavy (non-hydrogen) atoms. The van der Waals surface area contributed by atoms with Crippen molar-refractivity contribution in [3.8, 4) is 11.8 Å². The third kappa shape index (κ3) is 4.08. The zero-order chi connectivity index (χ0) is 23.7. The van der Waals surface area contributed by atoms with E-state index in [-0.39, 0.29) is 5.92 Å². The van der Waals surface area contributed by atoms with Crippen LogP contribution in [0, 0.1) is 31.1 Å². The molecule has 174 valence electrons. The molecule has 1 unspecified atom stereocenters. The molecule has 1 aromatic carbocycles. The minimum Gasteiger partial charge on any atom is -0.384 e. The van der Waals surface area contributed by atoms with Gasteiger partial charge in [-0.1, -0.05) is 15.9 Å². The molecule has 8 nitrogen and oxygen atoms in total. The highest BCUT2D eigenvalue weighted by Gasteiger charge is 2.28. The van der Waals surface area contributed by atoms with E-state index < -0.39 is 0 Å². The number of aryl methyl sites for hydroxylation is 2. The van der Waals surface area contributed by atoms with Crippen LogP contribution in [0.2, 0.25) is 0 Å². The number of benzene rings is 1. The summed E-state index contributed by atoms with van der Waals surface area (Å²) in [6.07, 6.45) is 2.74. The smallest absolute Gasteiger partial charge is 0.226 e. The molecule has 1 fully saturated rings. The largest absolute Gasteiger partial charge is 0.384 e. The Morgan fingerprint density at radius 2 is 1.76 bits per heavy atom. The van der Waals surface area contributed by atoms with E-state index in [9.17, 15) is 5.26 Å². The van der Waals surface area contributed by atoms with E-state index in [0.717, 1.165) is 82.0 Å². The Bertz CT molecular complexity index is 1200. The zero-order valence-electron chi connectivity index (χ0n) is 19.9. The van der Waals surface area contributed by atoms with Crippen LogP contribution in [0.15, 0.2) is 16.6 Å². The second kappa shape index (κ2) is 9.48. The van der Waals surface area contributed by atoms with E-state index in [1.807, 2.05) is 21.1 Å². The lowest BCUT2D eigenvalue weighted by Gasteiger charge is -2.23. The minimum atomic E-state index is 0.102. The maximum Gasteiger partial charge on any atom is 0.226 e. The van der Waals surface area contributed by atoms with Gasteiger partial charge in [-0.25, -0.2) is 0 Å². The molecule has 9 heteroatoms. The average molecular weight is 511 g/mol. The molecular formula is C24H31BrN8. The SMILES string of the molecule is CNc1nc(N2CCCC(C#N)CC2)c2c(NC)c(NC)n(-c3c(C)cc(Br)cc3C)c2n1. The summed E-state index contributed by atoms with van der Waals surface area (Å²) in [5.41, 5.74) is 5.20. The summed E-state index contributed by atoms with van der Waals surface area (Å²) >= 11 is 3.63. The molecule has 0 saturated carbocycles. The molecule has 0 aliphatic carbocycles. The van der Waals surface area contributed by atoms with Gasteiger partial charge in [0.2, 0.25) is 5.95 Å². The van der Waals surface area contributed by atoms with Gasteiger partial charge in [0.25, 0.3) is 0 Å². The van der Waals surface area contributed by atoms with Crippen LogP contribution in [0.25, 0.3) is 16.7 Å². The molecular weight excluding hydrogens is 480 g/mol. The Kier molecular flexibility index (Phi) is 6.66. The van der Waals surface area contributed by atoms with Crippen molar-refractivity contribution in [3.05, 3.63) is 27.7 Å². The minimum absolute atomic E-state index is 0.102. The van der Waals surface area contributed by atoms with Gasteiger partial charge in [0, 0.05) is 44.6 Å². The monoisotopic (exact) mass is 510 g/mol. The van der Waals surface area contributed by atoms with Crippen molar-refractivity contribution >= 4 is 50.2 Å². The summed E-state index contributed by atoms with van der Waals surface area (Å²) in [6.45, 7) is 5.91. The van der Waals surface area contributed by atoms with Crippen molar-refractivity contribution in [2.24, 2.45) is 5.92 Å². The van der Waals surface area contributed by atoms with Crippen LogP contribution in [0.4, 0.5) is 23.3 Å². The van der Waals surface area contributed by atoms with Crippen LogP contribution >= 0.6 is 15.9 Å². The van der Waals surface area contributed by atoms with Gasteiger partial charge in [0.05, 0.1) is 22.8 Å². The van der Waals surface area contributed by atoms with Gasteiger partial charge < -0.3 is 20.9 Å². The first-order valence-electron chi connectivity index (χ1n) is 11.3. The van der Waals surface area contributed by atoms with E-state index in [2.05, 4.69) is 73.4 Å². The Hall–Kier alpha value is -2.99. The maximum absolute atomic E-state index is 9.45. The van der Waals surface area contributed by atoms with Gasteiger partial charge in [0.15, 0.2) is 5.65 Å². The zero-order valence-corrected chi connectivity index (χ0v) is 21.5. The first kappa shape index (κ1) is 23.2. The lowest BCUT2D eigenvalue weighted by atomic mass is 10.0. The molecule has 2 aromatic heterocycles. The van der Waals surface area contributed by atoms with Gasteiger partial charge in [-0.2, -0.15) is 15.2 Å². The molecule has 1 atom stereocenters. The van der Waals surface area contributed by atoms with Crippen molar-refractivity contribution in [3.63, 3.8) is 0 Å². The Labute approximate surface area is 203 Å². The summed E-state index contributed by atoms with van der Waals surface area (Å²) in [4.78, 5) is 12.2. The van der Waals surface area contributed by atoms with Crippen LogP contribution in [0.1, 0.15) is 30.4 Å². The highest BCUT2D eigenvalue weighted by molar-refractivity contribution is 9.10. The highest BCUT2D eigenvalue weighted by Crippen LogP contribution is 2.43. The number of fused-ring (bicyclic) bond motifs is 1. The first-order chi connectivity index (χ1) is 15.9.